The summed E-state index contributed by atoms with van der Waals surface area (Å²) in [6.07, 6.45) is 2.61. The first-order valence-electron chi connectivity index (χ1n) is 12.7. The summed E-state index contributed by atoms with van der Waals surface area (Å²) in [5.74, 6) is -2.63. The molecule has 1 aromatic heterocycles. The van der Waals surface area contributed by atoms with E-state index in [2.05, 4.69) is 20.9 Å². The Morgan fingerprint density at radius 1 is 0.872 bits per heavy atom. The topological polar surface area (TPSA) is 190 Å². The van der Waals surface area contributed by atoms with Gasteiger partial charge >= 0.3 is 5.97 Å². The minimum atomic E-state index is -1.17. The monoisotopic (exact) mass is 534 g/mol. The van der Waals surface area contributed by atoms with Gasteiger partial charge in [0.1, 0.15) is 6.04 Å². The third-order valence-electron chi connectivity index (χ3n) is 6.11. The van der Waals surface area contributed by atoms with Crippen LogP contribution in [0.3, 0.4) is 0 Å². The maximum atomic E-state index is 13.2. The molecule has 11 nitrogen and oxygen atoms in total. The Morgan fingerprint density at radius 2 is 1.59 bits per heavy atom. The molecule has 0 saturated heterocycles. The number of rotatable bonds is 14. The molecule has 0 spiro atoms. The van der Waals surface area contributed by atoms with E-state index in [1.54, 1.807) is 6.20 Å². The highest BCUT2D eigenvalue weighted by atomic mass is 16.4. The fourth-order valence-corrected chi connectivity index (χ4v) is 3.95. The second kappa shape index (κ2) is 14.6. The SMILES string of the molecule is NC(CC(=O)O)C(=O)NCCCC(N)C(=O)NC(CCc1ccccc1)C(=O)Nc1cnc2ccccc2c1. The van der Waals surface area contributed by atoms with E-state index < -0.39 is 42.3 Å². The molecule has 3 atom stereocenters. The molecule has 0 saturated carbocycles. The smallest absolute Gasteiger partial charge is 0.305 e. The summed E-state index contributed by atoms with van der Waals surface area (Å²) in [7, 11) is 0. The van der Waals surface area contributed by atoms with Crippen molar-refractivity contribution in [2.24, 2.45) is 11.5 Å². The van der Waals surface area contributed by atoms with Crippen molar-refractivity contribution in [2.45, 2.75) is 50.2 Å². The molecule has 0 aliphatic heterocycles. The molecule has 0 bridgehead atoms. The van der Waals surface area contributed by atoms with Crippen molar-refractivity contribution in [3.05, 3.63) is 72.4 Å². The Bertz CT molecular complexity index is 1290. The lowest BCUT2D eigenvalue weighted by atomic mass is 10.0. The Morgan fingerprint density at radius 3 is 2.33 bits per heavy atom. The number of carbonyl (C=O) groups is 4. The van der Waals surface area contributed by atoms with Gasteiger partial charge in [0.05, 0.1) is 35.9 Å². The maximum Gasteiger partial charge on any atom is 0.305 e. The molecular weight excluding hydrogens is 500 g/mol. The van der Waals surface area contributed by atoms with E-state index in [1.807, 2.05) is 60.7 Å². The summed E-state index contributed by atoms with van der Waals surface area (Å²) in [6, 6.07) is 16.1. The highest BCUT2D eigenvalue weighted by Gasteiger charge is 2.24. The summed E-state index contributed by atoms with van der Waals surface area (Å²) in [5, 5.41) is 17.7. The van der Waals surface area contributed by atoms with Gasteiger partial charge in [-0.25, -0.2) is 0 Å². The van der Waals surface area contributed by atoms with Crippen molar-refractivity contribution in [3.63, 3.8) is 0 Å². The van der Waals surface area contributed by atoms with Gasteiger partial charge in [-0.05, 0) is 43.4 Å². The van der Waals surface area contributed by atoms with Crippen molar-refractivity contribution in [3.8, 4) is 0 Å². The average Bonchev–Trinajstić information content (AvgIpc) is 2.93. The van der Waals surface area contributed by atoms with E-state index in [-0.39, 0.29) is 18.9 Å². The molecule has 3 unspecified atom stereocenters. The normalized spacial score (nSPS) is 13.2. The van der Waals surface area contributed by atoms with E-state index in [0.29, 0.717) is 24.9 Å². The Hall–Kier alpha value is -4.35. The Labute approximate surface area is 226 Å². The van der Waals surface area contributed by atoms with Crippen LogP contribution in [-0.2, 0) is 25.6 Å². The molecule has 206 valence electrons. The van der Waals surface area contributed by atoms with Gasteiger partial charge in [0.15, 0.2) is 0 Å². The molecule has 8 N–H and O–H groups in total. The standard InChI is InChI=1S/C28H34N6O5/c29-21(10-6-14-31-26(37)22(30)16-25(35)36)27(38)34-24(13-12-18-7-2-1-3-8-18)28(39)33-20-15-19-9-4-5-11-23(19)32-17-20/h1-5,7-9,11,15,17,21-22,24H,6,10,12-14,16,29-30H2,(H,31,37)(H,33,39)(H,34,38)(H,35,36). The number of nitrogens with two attached hydrogens (primary N) is 2. The van der Waals surface area contributed by atoms with Crippen LogP contribution < -0.4 is 27.4 Å². The van der Waals surface area contributed by atoms with E-state index >= 15 is 0 Å². The quantitative estimate of drug-likeness (QED) is 0.167. The van der Waals surface area contributed by atoms with Gasteiger partial charge in [-0.1, -0.05) is 48.5 Å². The average molecular weight is 535 g/mol. The number of aliphatic carboxylic acids is 1. The number of fused-ring (bicyclic) bond motifs is 1. The van der Waals surface area contributed by atoms with Crippen LogP contribution in [0.2, 0.25) is 0 Å². The fourth-order valence-electron chi connectivity index (χ4n) is 3.95. The number of benzene rings is 2. The molecule has 3 aromatic rings. The molecule has 39 heavy (non-hydrogen) atoms. The van der Waals surface area contributed by atoms with Crippen LogP contribution in [0.4, 0.5) is 5.69 Å². The van der Waals surface area contributed by atoms with Crippen molar-refractivity contribution >= 4 is 40.3 Å². The maximum absolute atomic E-state index is 13.2. The summed E-state index contributed by atoms with van der Waals surface area (Å²) in [5.41, 5.74) is 13.9. The van der Waals surface area contributed by atoms with Gasteiger partial charge in [0, 0.05) is 11.9 Å². The number of anilines is 1. The zero-order valence-corrected chi connectivity index (χ0v) is 21.5. The summed E-state index contributed by atoms with van der Waals surface area (Å²) in [6.45, 7) is 0.181. The lowest BCUT2D eigenvalue weighted by Crippen LogP contribution is -2.50. The molecule has 3 rings (SSSR count). The number of amides is 3. The number of pyridine rings is 1. The number of hydrogen-bond donors (Lipinski definition) is 6. The molecule has 1 heterocycles. The lowest BCUT2D eigenvalue weighted by molar-refractivity contribution is -0.139. The molecule has 0 aliphatic rings. The summed E-state index contributed by atoms with van der Waals surface area (Å²) >= 11 is 0. The van der Waals surface area contributed by atoms with Crippen molar-refractivity contribution < 1.29 is 24.3 Å². The highest BCUT2D eigenvalue weighted by Crippen LogP contribution is 2.17. The van der Waals surface area contributed by atoms with Gasteiger partial charge in [-0.3, -0.25) is 24.2 Å². The zero-order chi connectivity index (χ0) is 28.2. The lowest BCUT2D eigenvalue weighted by Gasteiger charge is -2.21. The molecule has 0 fully saturated rings. The predicted molar refractivity (Wildman–Crippen MR) is 148 cm³/mol. The second-order valence-electron chi connectivity index (χ2n) is 9.24. The second-order valence-corrected chi connectivity index (χ2v) is 9.24. The number of nitrogens with zero attached hydrogens (tertiary/aromatic N) is 1. The van der Waals surface area contributed by atoms with Crippen molar-refractivity contribution in [1.29, 1.82) is 0 Å². The van der Waals surface area contributed by atoms with Crippen LogP contribution >= 0.6 is 0 Å². The predicted octanol–water partition coefficient (Wildman–Crippen LogP) is 1.32. The minimum absolute atomic E-state index is 0.181. The van der Waals surface area contributed by atoms with Crippen molar-refractivity contribution in [1.82, 2.24) is 15.6 Å². The molecular formula is C28H34N6O5. The summed E-state index contributed by atoms with van der Waals surface area (Å²) < 4.78 is 0. The number of carboxylic acids is 1. The van der Waals surface area contributed by atoms with Gasteiger partial charge in [-0.15, -0.1) is 0 Å². The third kappa shape index (κ3) is 9.47. The van der Waals surface area contributed by atoms with E-state index in [1.165, 1.54) is 0 Å². The number of hydrogen-bond acceptors (Lipinski definition) is 7. The van der Waals surface area contributed by atoms with Crippen LogP contribution in [0.25, 0.3) is 10.9 Å². The zero-order valence-electron chi connectivity index (χ0n) is 21.5. The van der Waals surface area contributed by atoms with E-state index in [9.17, 15) is 19.2 Å². The number of aryl methyl sites for hydroxylation is 1. The third-order valence-corrected chi connectivity index (χ3v) is 6.11. The Balaban J connectivity index is 1.57. The highest BCUT2D eigenvalue weighted by molar-refractivity contribution is 5.99. The number of para-hydroxylation sites is 1. The minimum Gasteiger partial charge on any atom is -0.481 e. The van der Waals surface area contributed by atoms with Crippen LogP contribution in [0, 0.1) is 0 Å². The van der Waals surface area contributed by atoms with Crippen LogP contribution in [-0.4, -0.2) is 58.5 Å². The summed E-state index contributed by atoms with van der Waals surface area (Å²) in [4.78, 5) is 52.9. The largest absolute Gasteiger partial charge is 0.481 e. The van der Waals surface area contributed by atoms with Gasteiger partial charge in [-0.2, -0.15) is 0 Å². The number of nitrogens with one attached hydrogen (secondary N) is 3. The van der Waals surface area contributed by atoms with Crippen LogP contribution in [0.5, 0.6) is 0 Å². The van der Waals surface area contributed by atoms with Gasteiger partial charge in [0.25, 0.3) is 0 Å². The first-order chi connectivity index (χ1) is 18.7. The molecule has 11 heteroatoms. The Kier molecular flexibility index (Phi) is 10.9. The first kappa shape index (κ1) is 29.2. The number of carbonyl (C=O) groups excluding carboxylic acids is 3. The van der Waals surface area contributed by atoms with Gasteiger partial charge < -0.3 is 32.5 Å². The van der Waals surface area contributed by atoms with Crippen LogP contribution in [0.15, 0.2) is 66.9 Å². The number of carboxylic acid groups (broad SMARTS) is 1. The molecule has 0 radical (unpaired) electrons. The number of aromatic nitrogens is 1. The van der Waals surface area contributed by atoms with E-state index in [4.69, 9.17) is 16.6 Å². The molecule has 3 amide bonds. The van der Waals surface area contributed by atoms with Crippen molar-refractivity contribution in [2.75, 3.05) is 11.9 Å². The van der Waals surface area contributed by atoms with Gasteiger partial charge in [0.2, 0.25) is 17.7 Å². The first-order valence-corrected chi connectivity index (χ1v) is 12.7. The van der Waals surface area contributed by atoms with Crippen LogP contribution in [0.1, 0.15) is 31.2 Å². The van der Waals surface area contributed by atoms with E-state index in [0.717, 1.165) is 16.5 Å². The molecule has 2 aromatic carbocycles. The molecule has 0 aliphatic carbocycles. The fraction of sp³-hybridized carbons (Fsp3) is 0.321.